The molecule has 0 spiro atoms. The molecule has 0 saturated carbocycles. The van der Waals surface area contributed by atoms with E-state index >= 15 is 0 Å². The fourth-order valence-electron chi connectivity index (χ4n) is 2.57. The van der Waals surface area contributed by atoms with Crippen molar-refractivity contribution in [2.45, 2.75) is 31.5 Å². The lowest BCUT2D eigenvalue weighted by Crippen LogP contribution is -2.33. The summed E-state index contributed by atoms with van der Waals surface area (Å²) in [6.07, 6.45) is 6.48. The van der Waals surface area contributed by atoms with Crippen LogP contribution in [0.4, 0.5) is 0 Å². The van der Waals surface area contributed by atoms with Crippen molar-refractivity contribution in [2.75, 3.05) is 26.4 Å². The highest BCUT2D eigenvalue weighted by Crippen LogP contribution is 2.23. The van der Waals surface area contributed by atoms with E-state index in [-0.39, 0.29) is 6.10 Å². The smallest absolute Gasteiger partial charge is 0.0988 e. The zero-order chi connectivity index (χ0) is 11.5. The average molecular weight is 237 g/mol. The lowest BCUT2D eigenvalue weighted by molar-refractivity contribution is -0.0938. The van der Waals surface area contributed by atoms with Gasteiger partial charge in [0.15, 0.2) is 0 Å². The van der Waals surface area contributed by atoms with Crippen LogP contribution in [-0.2, 0) is 16.0 Å². The van der Waals surface area contributed by atoms with Gasteiger partial charge in [0.25, 0.3) is 0 Å². The number of hydrogen-bond donors (Lipinski definition) is 1. The summed E-state index contributed by atoms with van der Waals surface area (Å²) in [7, 11) is 0. The Kier molecular flexibility index (Phi) is 3.40. The molecule has 17 heavy (non-hydrogen) atoms. The van der Waals surface area contributed by atoms with Gasteiger partial charge in [0.05, 0.1) is 44.5 Å². The highest BCUT2D eigenvalue weighted by molar-refractivity contribution is 5.07. The quantitative estimate of drug-likeness (QED) is 0.841. The minimum Gasteiger partial charge on any atom is -0.376 e. The summed E-state index contributed by atoms with van der Waals surface area (Å²) in [5.74, 6) is 0. The van der Waals surface area contributed by atoms with E-state index in [2.05, 4.69) is 14.9 Å². The molecule has 2 fully saturated rings. The third-order valence-corrected chi connectivity index (χ3v) is 3.45. The second-order valence-corrected chi connectivity index (χ2v) is 4.69. The molecule has 1 aromatic heterocycles. The van der Waals surface area contributed by atoms with Crippen LogP contribution in [0.15, 0.2) is 12.5 Å². The predicted molar refractivity (Wildman–Crippen MR) is 62.8 cm³/mol. The molecule has 0 amide bonds. The molecule has 1 unspecified atom stereocenters. The number of hydrogen-bond acceptors (Lipinski definition) is 4. The molecule has 2 atom stereocenters. The lowest BCUT2D eigenvalue weighted by Gasteiger charge is -2.24. The zero-order valence-corrected chi connectivity index (χ0v) is 9.97. The van der Waals surface area contributed by atoms with E-state index in [4.69, 9.17) is 9.47 Å². The minimum atomic E-state index is 0.165. The maximum atomic E-state index is 5.67. The van der Waals surface area contributed by atoms with Crippen molar-refractivity contribution < 1.29 is 9.47 Å². The SMILES string of the molecule is c1ncn(CC2COCCO2)c1[C@@H]1CCCN1. The van der Waals surface area contributed by atoms with E-state index in [1.165, 1.54) is 18.5 Å². The van der Waals surface area contributed by atoms with Crippen LogP contribution < -0.4 is 5.32 Å². The van der Waals surface area contributed by atoms with Crippen LogP contribution in [0.25, 0.3) is 0 Å². The van der Waals surface area contributed by atoms with Crippen molar-refractivity contribution in [3.05, 3.63) is 18.2 Å². The van der Waals surface area contributed by atoms with Crippen LogP contribution in [0, 0.1) is 0 Å². The summed E-state index contributed by atoms with van der Waals surface area (Å²) in [5, 5.41) is 3.50. The van der Waals surface area contributed by atoms with Gasteiger partial charge in [-0.2, -0.15) is 0 Å². The van der Waals surface area contributed by atoms with Gasteiger partial charge in [-0.25, -0.2) is 4.98 Å². The summed E-state index contributed by atoms with van der Waals surface area (Å²) in [5.41, 5.74) is 1.27. The van der Waals surface area contributed by atoms with Crippen LogP contribution in [0.5, 0.6) is 0 Å². The molecule has 0 aromatic carbocycles. The molecule has 0 aliphatic carbocycles. The number of nitrogens with zero attached hydrogens (tertiary/aromatic N) is 2. The first-order valence-corrected chi connectivity index (χ1v) is 6.36. The maximum absolute atomic E-state index is 5.67. The molecule has 2 aliphatic rings. The second kappa shape index (κ2) is 5.16. The Morgan fingerprint density at radius 1 is 1.47 bits per heavy atom. The van der Waals surface area contributed by atoms with Crippen LogP contribution in [0.2, 0.25) is 0 Å². The Bertz CT molecular complexity index is 354. The molecule has 0 bridgehead atoms. The average Bonchev–Trinajstić information content (AvgIpc) is 3.00. The van der Waals surface area contributed by atoms with Crippen LogP contribution >= 0.6 is 0 Å². The van der Waals surface area contributed by atoms with Crippen molar-refractivity contribution >= 4 is 0 Å². The largest absolute Gasteiger partial charge is 0.376 e. The second-order valence-electron chi connectivity index (χ2n) is 4.69. The van der Waals surface area contributed by atoms with Gasteiger partial charge in [0.1, 0.15) is 0 Å². The molecule has 2 aliphatic heterocycles. The van der Waals surface area contributed by atoms with E-state index in [0.717, 1.165) is 19.7 Å². The first-order chi connectivity index (χ1) is 8.43. The summed E-state index contributed by atoms with van der Waals surface area (Å²) in [4.78, 5) is 4.26. The number of ether oxygens (including phenoxy) is 2. The number of aromatic nitrogens is 2. The van der Waals surface area contributed by atoms with Crippen LogP contribution in [0.3, 0.4) is 0 Å². The van der Waals surface area contributed by atoms with Crippen molar-refractivity contribution in [1.82, 2.24) is 14.9 Å². The van der Waals surface area contributed by atoms with Crippen molar-refractivity contribution in [1.29, 1.82) is 0 Å². The molecule has 94 valence electrons. The number of nitrogens with one attached hydrogen (secondary N) is 1. The monoisotopic (exact) mass is 237 g/mol. The topological polar surface area (TPSA) is 48.3 Å². The molecular weight excluding hydrogens is 218 g/mol. The van der Waals surface area contributed by atoms with E-state index < -0.39 is 0 Å². The van der Waals surface area contributed by atoms with Gasteiger partial charge in [-0.3, -0.25) is 0 Å². The van der Waals surface area contributed by atoms with Gasteiger partial charge in [-0.1, -0.05) is 0 Å². The van der Waals surface area contributed by atoms with Gasteiger partial charge in [0.2, 0.25) is 0 Å². The van der Waals surface area contributed by atoms with Crippen molar-refractivity contribution in [3.8, 4) is 0 Å². The third kappa shape index (κ3) is 2.51. The van der Waals surface area contributed by atoms with E-state index in [0.29, 0.717) is 19.3 Å². The highest BCUT2D eigenvalue weighted by atomic mass is 16.6. The van der Waals surface area contributed by atoms with E-state index in [1.54, 1.807) is 0 Å². The van der Waals surface area contributed by atoms with Gasteiger partial charge in [-0.15, -0.1) is 0 Å². The highest BCUT2D eigenvalue weighted by Gasteiger charge is 2.22. The van der Waals surface area contributed by atoms with E-state index in [1.807, 2.05) is 12.5 Å². The minimum absolute atomic E-state index is 0.165. The molecule has 3 rings (SSSR count). The summed E-state index contributed by atoms with van der Waals surface area (Å²) >= 11 is 0. The Balaban J connectivity index is 1.67. The molecule has 0 radical (unpaired) electrons. The van der Waals surface area contributed by atoms with Gasteiger partial charge >= 0.3 is 0 Å². The molecule has 1 aromatic rings. The number of imidazole rings is 1. The van der Waals surface area contributed by atoms with Crippen molar-refractivity contribution in [2.24, 2.45) is 0 Å². The molecule has 1 N–H and O–H groups in total. The normalized spacial score (nSPS) is 29.6. The molecule has 5 nitrogen and oxygen atoms in total. The Labute approximate surface area is 101 Å². The van der Waals surface area contributed by atoms with Gasteiger partial charge in [-0.05, 0) is 19.4 Å². The van der Waals surface area contributed by atoms with E-state index in [9.17, 15) is 0 Å². The Hall–Kier alpha value is -0.910. The first kappa shape index (κ1) is 11.2. The fraction of sp³-hybridized carbons (Fsp3) is 0.750. The molecule has 2 saturated heterocycles. The van der Waals surface area contributed by atoms with Gasteiger partial charge in [0, 0.05) is 12.2 Å². The Morgan fingerprint density at radius 2 is 2.47 bits per heavy atom. The fourth-order valence-corrected chi connectivity index (χ4v) is 2.57. The van der Waals surface area contributed by atoms with Crippen LogP contribution in [0.1, 0.15) is 24.6 Å². The zero-order valence-electron chi connectivity index (χ0n) is 9.97. The first-order valence-electron chi connectivity index (χ1n) is 6.36. The predicted octanol–water partition coefficient (Wildman–Crippen LogP) is 0.723. The maximum Gasteiger partial charge on any atom is 0.0988 e. The summed E-state index contributed by atoms with van der Waals surface area (Å²) in [6, 6.07) is 0.460. The van der Waals surface area contributed by atoms with Crippen molar-refractivity contribution in [3.63, 3.8) is 0 Å². The molecule has 3 heterocycles. The molecular formula is C12H19N3O2. The third-order valence-electron chi connectivity index (χ3n) is 3.45. The molecule has 5 heteroatoms. The van der Waals surface area contributed by atoms with Crippen LogP contribution in [-0.4, -0.2) is 42.0 Å². The summed E-state index contributed by atoms with van der Waals surface area (Å²) < 4.78 is 13.3. The standard InChI is InChI=1S/C12H19N3O2/c1-2-11(14-3-1)12-6-13-9-15(12)7-10-8-16-4-5-17-10/h6,9-11,14H,1-5,7-8H2/t10?,11-/m0/s1. The number of rotatable bonds is 3. The lowest BCUT2D eigenvalue weighted by atomic mass is 10.1. The summed E-state index contributed by atoms with van der Waals surface area (Å²) in [6.45, 7) is 4.07. The van der Waals surface area contributed by atoms with Gasteiger partial charge < -0.3 is 19.4 Å². The Morgan fingerprint density at radius 3 is 3.24 bits per heavy atom.